The van der Waals surface area contributed by atoms with Gasteiger partial charge >= 0.3 is 1.43 Å². The molecule has 4 rings (SSSR count). The summed E-state index contributed by atoms with van der Waals surface area (Å²) in [6, 6.07) is 7.94. The van der Waals surface area contributed by atoms with Crippen LogP contribution in [0.3, 0.4) is 0 Å². The van der Waals surface area contributed by atoms with Crippen LogP contribution in [0.25, 0.3) is 22.1 Å². The van der Waals surface area contributed by atoms with Crippen LogP contribution in [0.15, 0.2) is 35.0 Å². The average molecular weight is 292 g/mol. The molecule has 0 spiro atoms. The number of morpholine rings is 1. The number of nitrogens with zero attached hydrogens (tertiary/aromatic N) is 3. The Balaban J connectivity index is 0.000000807. The van der Waals surface area contributed by atoms with E-state index in [0.717, 1.165) is 54.2 Å². The highest BCUT2D eigenvalue weighted by Crippen LogP contribution is 2.32. The molecule has 0 unspecified atom stereocenters. The number of rotatable bonds is 1. The topological polar surface area (TPSA) is 51.4 Å². The molecule has 0 saturated carbocycles. The lowest BCUT2D eigenvalue weighted by Gasteiger charge is -2.27. The first-order valence-corrected chi connectivity index (χ1v) is 6.38. The zero-order valence-corrected chi connectivity index (χ0v) is 11.5. The van der Waals surface area contributed by atoms with E-state index < -0.39 is 0 Å². The number of hydrogen-bond acceptors (Lipinski definition) is 5. The highest BCUT2D eigenvalue weighted by molar-refractivity contribution is 6.05. The lowest BCUT2D eigenvalue weighted by atomic mass is 10.2. The Bertz CT molecular complexity index is 743. The normalized spacial score (nSPS) is 15.5. The fraction of sp³-hybridized carbons (Fsp3) is 0.286. The Morgan fingerprint density at radius 3 is 2.75 bits per heavy atom. The van der Waals surface area contributed by atoms with Gasteiger partial charge in [0.2, 0.25) is 0 Å². The van der Waals surface area contributed by atoms with Gasteiger partial charge in [0.15, 0.2) is 11.4 Å². The molecule has 0 amide bonds. The van der Waals surface area contributed by atoms with E-state index >= 15 is 0 Å². The van der Waals surface area contributed by atoms with Crippen LogP contribution in [-0.2, 0) is 4.74 Å². The van der Waals surface area contributed by atoms with Gasteiger partial charge < -0.3 is 26.5 Å². The number of fused-ring (bicyclic) bond motifs is 3. The van der Waals surface area contributed by atoms with Gasteiger partial charge in [-0.2, -0.15) is 0 Å². The van der Waals surface area contributed by atoms with Gasteiger partial charge in [-0.3, -0.25) is 0 Å². The first-order chi connectivity index (χ1) is 9.43. The van der Waals surface area contributed by atoms with Gasteiger partial charge in [-0.25, -0.2) is 9.97 Å². The van der Waals surface area contributed by atoms with Crippen LogP contribution in [0.4, 0.5) is 5.82 Å². The number of hydrogen-bond donors (Lipinski definition) is 0. The molecule has 3 aromatic rings. The van der Waals surface area contributed by atoms with Crippen molar-refractivity contribution in [1.82, 2.24) is 9.97 Å². The van der Waals surface area contributed by atoms with E-state index in [4.69, 9.17) is 9.15 Å². The summed E-state index contributed by atoms with van der Waals surface area (Å²) >= 11 is 0. The number of benzene rings is 1. The number of para-hydroxylation sites is 1. The van der Waals surface area contributed by atoms with Crippen LogP contribution < -0.4 is 17.3 Å². The first-order valence-electron chi connectivity index (χ1n) is 6.38. The molecule has 0 atom stereocenters. The maximum absolute atomic E-state index is 5.93. The molecular formula is C14H14ClN3O2. The third kappa shape index (κ3) is 1.99. The standard InChI is InChI=1S/C14H13N3O2.ClH/c1-2-4-11-10(3-1)12-13(19-11)14(16-9-15-12)17-5-7-18-8-6-17;/h1-4,9H,5-8H2;1H. The van der Waals surface area contributed by atoms with Gasteiger partial charge in [0.1, 0.15) is 17.4 Å². The van der Waals surface area contributed by atoms with E-state index in [2.05, 4.69) is 14.9 Å². The van der Waals surface area contributed by atoms with Crippen molar-refractivity contribution in [3.8, 4) is 0 Å². The van der Waals surface area contributed by atoms with Crippen molar-refractivity contribution in [3.63, 3.8) is 0 Å². The number of halogens is 1. The highest BCUT2D eigenvalue weighted by atomic mass is 35.5. The first kappa shape index (κ1) is 13.1. The van der Waals surface area contributed by atoms with Gasteiger partial charge in [-0.15, -0.1) is 0 Å². The molecule has 5 nitrogen and oxygen atoms in total. The summed E-state index contributed by atoms with van der Waals surface area (Å²) < 4.78 is 11.3. The summed E-state index contributed by atoms with van der Waals surface area (Å²) in [5, 5.41) is 1.04. The Labute approximate surface area is 123 Å². The summed E-state index contributed by atoms with van der Waals surface area (Å²) in [6.45, 7) is 3.13. The molecule has 1 aliphatic rings. The Morgan fingerprint density at radius 2 is 1.90 bits per heavy atom. The monoisotopic (exact) mass is 291 g/mol. The van der Waals surface area contributed by atoms with Gasteiger partial charge in [0.05, 0.1) is 13.2 Å². The molecule has 0 bridgehead atoms. The molecule has 2 aromatic heterocycles. The van der Waals surface area contributed by atoms with Crippen molar-refractivity contribution in [2.75, 3.05) is 31.2 Å². The van der Waals surface area contributed by atoms with E-state index in [1.807, 2.05) is 24.3 Å². The maximum atomic E-state index is 5.93. The summed E-state index contributed by atoms with van der Waals surface area (Å²) in [4.78, 5) is 10.9. The van der Waals surface area contributed by atoms with Crippen molar-refractivity contribution >= 4 is 27.9 Å². The Morgan fingerprint density at radius 1 is 1.10 bits per heavy atom. The third-order valence-corrected chi connectivity index (χ3v) is 3.45. The van der Waals surface area contributed by atoms with Gasteiger partial charge in [-0.05, 0) is 12.1 Å². The predicted octanol–water partition coefficient (Wildman–Crippen LogP) is -0.671. The van der Waals surface area contributed by atoms with E-state index in [-0.39, 0.29) is 13.8 Å². The molecule has 1 fully saturated rings. The average Bonchev–Trinajstić information content (AvgIpc) is 2.87. The molecule has 1 aromatic carbocycles. The number of ether oxygens (including phenoxy) is 1. The van der Waals surface area contributed by atoms with Crippen molar-refractivity contribution in [1.29, 1.82) is 0 Å². The van der Waals surface area contributed by atoms with Crippen molar-refractivity contribution < 1.29 is 23.0 Å². The van der Waals surface area contributed by atoms with Gasteiger partial charge in [0.25, 0.3) is 0 Å². The van der Waals surface area contributed by atoms with Crippen molar-refractivity contribution in [3.05, 3.63) is 30.6 Å². The second-order valence-electron chi connectivity index (χ2n) is 4.57. The molecule has 0 radical (unpaired) electrons. The fourth-order valence-corrected chi connectivity index (χ4v) is 2.51. The van der Waals surface area contributed by atoms with Crippen LogP contribution in [0.5, 0.6) is 0 Å². The molecule has 20 heavy (non-hydrogen) atoms. The Kier molecular flexibility index (Phi) is 3.46. The SMILES string of the molecule is [Cl-].[H+].c1ccc2c(c1)oc1c(N3CCOCC3)ncnc12. The lowest BCUT2D eigenvalue weighted by molar-refractivity contribution is -0.00000506. The van der Waals surface area contributed by atoms with Crippen LogP contribution >= 0.6 is 0 Å². The molecule has 0 N–H and O–H groups in total. The number of aromatic nitrogens is 2. The summed E-state index contributed by atoms with van der Waals surface area (Å²) in [6.07, 6.45) is 1.61. The summed E-state index contributed by atoms with van der Waals surface area (Å²) in [5.41, 5.74) is 2.50. The van der Waals surface area contributed by atoms with E-state index in [1.54, 1.807) is 6.33 Å². The maximum Gasteiger partial charge on any atom is 1.00 e. The minimum atomic E-state index is 0. The van der Waals surface area contributed by atoms with E-state index in [1.165, 1.54) is 0 Å². The molecule has 1 aliphatic heterocycles. The van der Waals surface area contributed by atoms with E-state index in [0.29, 0.717) is 0 Å². The zero-order valence-electron chi connectivity index (χ0n) is 11.8. The quantitative estimate of drug-likeness (QED) is 0.595. The molecule has 0 aliphatic carbocycles. The smallest absolute Gasteiger partial charge is 1.00 e. The summed E-state index contributed by atoms with van der Waals surface area (Å²) in [5.74, 6) is 0.865. The number of furan rings is 1. The predicted molar refractivity (Wildman–Crippen MR) is 73.5 cm³/mol. The van der Waals surface area contributed by atoms with Crippen molar-refractivity contribution in [2.24, 2.45) is 0 Å². The summed E-state index contributed by atoms with van der Waals surface area (Å²) in [7, 11) is 0. The number of anilines is 1. The molecule has 3 heterocycles. The van der Waals surface area contributed by atoms with Crippen LogP contribution in [-0.4, -0.2) is 36.3 Å². The van der Waals surface area contributed by atoms with Gasteiger partial charge in [-0.1, -0.05) is 12.1 Å². The van der Waals surface area contributed by atoms with Crippen LogP contribution in [0, 0.1) is 0 Å². The minimum Gasteiger partial charge on any atom is -1.00 e. The lowest BCUT2D eigenvalue weighted by Crippen LogP contribution is -3.00. The largest absolute Gasteiger partial charge is 1.00 e. The molecule has 1 saturated heterocycles. The van der Waals surface area contributed by atoms with Crippen molar-refractivity contribution in [2.45, 2.75) is 0 Å². The van der Waals surface area contributed by atoms with Gasteiger partial charge in [0, 0.05) is 18.5 Å². The molecule has 6 heteroatoms. The second kappa shape index (κ2) is 5.26. The molecule has 104 valence electrons. The third-order valence-electron chi connectivity index (χ3n) is 3.45. The van der Waals surface area contributed by atoms with E-state index in [9.17, 15) is 0 Å². The Hall–Kier alpha value is -1.85. The fourth-order valence-electron chi connectivity index (χ4n) is 2.51. The second-order valence-corrected chi connectivity index (χ2v) is 4.57. The zero-order chi connectivity index (χ0) is 12.7. The highest BCUT2D eigenvalue weighted by Gasteiger charge is 2.19. The van der Waals surface area contributed by atoms with Crippen LogP contribution in [0.1, 0.15) is 1.43 Å². The van der Waals surface area contributed by atoms with Crippen LogP contribution in [0.2, 0.25) is 0 Å². The minimum absolute atomic E-state index is 0. The molecular weight excluding hydrogens is 278 g/mol.